The van der Waals surface area contributed by atoms with Gasteiger partial charge in [-0.25, -0.2) is 4.98 Å². The minimum atomic E-state index is -0.0582. The fourth-order valence-electron chi connectivity index (χ4n) is 3.71. The molecule has 144 valence electrons. The van der Waals surface area contributed by atoms with Crippen molar-refractivity contribution in [3.8, 4) is 0 Å². The Hall–Kier alpha value is -2.76. The van der Waals surface area contributed by atoms with Crippen LogP contribution in [0.2, 0.25) is 0 Å². The molecular formula is C23H26N4O. The molecule has 1 N–H and O–H groups in total. The number of para-hydroxylation sites is 1. The van der Waals surface area contributed by atoms with Crippen LogP contribution in [0.5, 0.6) is 0 Å². The first-order valence-electron chi connectivity index (χ1n) is 9.87. The van der Waals surface area contributed by atoms with E-state index in [9.17, 15) is 4.79 Å². The van der Waals surface area contributed by atoms with Gasteiger partial charge in [0.25, 0.3) is 5.56 Å². The third-order valence-corrected chi connectivity index (χ3v) is 5.45. The molecule has 2 aromatic carbocycles. The largest absolute Gasteiger partial charge is 0.309 e. The average Bonchev–Trinajstić information content (AvgIpc) is 2.74. The highest BCUT2D eigenvalue weighted by atomic mass is 16.1. The van der Waals surface area contributed by atoms with Crippen molar-refractivity contribution in [3.05, 3.63) is 82.4 Å². The van der Waals surface area contributed by atoms with Crippen molar-refractivity contribution >= 4 is 17.0 Å². The molecule has 1 saturated heterocycles. The van der Waals surface area contributed by atoms with E-state index in [2.05, 4.69) is 58.1 Å². The summed E-state index contributed by atoms with van der Waals surface area (Å²) in [6.07, 6.45) is 4.41. The van der Waals surface area contributed by atoms with Crippen LogP contribution in [0, 0.1) is 0 Å². The van der Waals surface area contributed by atoms with Gasteiger partial charge in [0.15, 0.2) is 0 Å². The van der Waals surface area contributed by atoms with Crippen LogP contribution in [0.15, 0.2) is 65.5 Å². The van der Waals surface area contributed by atoms with E-state index in [-0.39, 0.29) is 11.6 Å². The molecular weight excluding hydrogens is 348 g/mol. The van der Waals surface area contributed by atoms with Crippen LogP contribution in [0.4, 0.5) is 0 Å². The maximum absolute atomic E-state index is 12.3. The molecule has 1 aliphatic rings. The molecule has 0 radical (unpaired) electrons. The van der Waals surface area contributed by atoms with Crippen molar-refractivity contribution in [2.75, 3.05) is 32.7 Å². The molecule has 0 amide bonds. The van der Waals surface area contributed by atoms with Gasteiger partial charge in [-0.1, -0.05) is 54.6 Å². The predicted octanol–water partition coefficient (Wildman–Crippen LogP) is 3.32. The highest BCUT2D eigenvalue weighted by Crippen LogP contribution is 2.19. The molecule has 4 rings (SSSR count). The molecule has 1 fully saturated rings. The van der Waals surface area contributed by atoms with Gasteiger partial charge in [0.2, 0.25) is 0 Å². The van der Waals surface area contributed by atoms with Crippen LogP contribution >= 0.6 is 0 Å². The number of nitrogens with one attached hydrogen (secondary N) is 1. The predicted molar refractivity (Wildman–Crippen MR) is 114 cm³/mol. The number of aromatic amines is 1. The van der Waals surface area contributed by atoms with E-state index < -0.39 is 0 Å². The van der Waals surface area contributed by atoms with Gasteiger partial charge >= 0.3 is 0 Å². The minimum Gasteiger partial charge on any atom is -0.309 e. The van der Waals surface area contributed by atoms with E-state index in [4.69, 9.17) is 4.98 Å². The zero-order chi connectivity index (χ0) is 19.3. The van der Waals surface area contributed by atoms with Gasteiger partial charge in [-0.05, 0) is 24.6 Å². The summed E-state index contributed by atoms with van der Waals surface area (Å²) < 4.78 is 0. The SMILES string of the molecule is C[C@H](c1nc2ccccc2c(=O)[nH]1)N1CCN(C/C=C/c2ccccc2)CC1. The third kappa shape index (κ3) is 4.21. The second-order valence-corrected chi connectivity index (χ2v) is 7.29. The molecule has 5 heteroatoms. The molecule has 28 heavy (non-hydrogen) atoms. The fraction of sp³-hybridized carbons (Fsp3) is 0.304. The molecule has 0 unspecified atom stereocenters. The normalized spacial score (nSPS) is 17.3. The molecule has 0 aliphatic carbocycles. The lowest BCUT2D eigenvalue weighted by atomic mass is 10.2. The smallest absolute Gasteiger partial charge is 0.258 e. The van der Waals surface area contributed by atoms with Crippen molar-refractivity contribution in [1.29, 1.82) is 0 Å². The molecule has 0 saturated carbocycles. The lowest BCUT2D eigenvalue weighted by molar-refractivity contribution is 0.107. The molecule has 1 aromatic heterocycles. The number of H-pyrrole nitrogens is 1. The third-order valence-electron chi connectivity index (χ3n) is 5.45. The second-order valence-electron chi connectivity index (χ2n) is 7.29. The summed E-state index contributed by atoms with van der Waals surface area (Å²) >= 11 is 0. The van der Waals surface area contributed by atoms with Crippen LogP contribution in [0.1, 0.15) is 24.4 Å². The van der Waals surface area contributed by atoms with E-state index in [0.717, 1.165) is 44.1 Å². The maximum Gasteiger partial charge on any atom is 0.258 e. The quantitative estimate of drug-likeness (QED) is 0.744. The standard InChI is InChI=1S/C23H26N4O/c1-18(22-24-21-12-6-5-11-20(21)23(28)25-22)27-16-14-26(15-17-27)13-7-10-19-8-3-2-4-9-19/h2-12,18H,13-17H2,1H3,(H,24,25,28)/b10-7+/t18-/m1/s1. The Labute approximate surface area is 165 Å². The highest BCUT2D eigenvalue weighted by molar-refractivity contribution is 5.77. The Balaban J connectivity index is 1.36. The number of benzene rings is 2. The van der Waals surface area contributed by atoms with Gasteiger partial charge in [-0.3, -0.25) is 14.6 Å². The first-order chi connectivity index (χ1) is 13.7. The van der Waals surface area contributed by atoms with Gasteiger partial charge < -0.3 is 4.98 Å². The summed E-state index contributed by atoms with van der Waals surface area (Å²) in [6.45, 7) is 7.05. The molecule has 1 aliphatic heterocycles. The Morgan fingerprint density at radius 3 is 2.54 bits per heavy atom. The lowest BCUT2D eigenvalue weighted by Crippen LogP contribution is -2.47. The van der Waals surface area contributed by atoms with Crippen molar-refractivity contribution in [1.82, 2.24) is 19.8 Å². The summed E-state index contributed by atoms with van der Waals surface area (Å²) in [5, 5.41) is 0.647. The van der Waals surface area contributed by atoms with Crippen molar-refractivity contribution < 1.29 is 0 Å². The summed E-state index contributed by atoms with van der Waals surface area (Å²) in [7, 11) is 0. The first kappa shape index (κ1) is 18.6. The van der Waals surface area contributed by atoms with Gasteiger partial charge in [0.1, 0.15) is 5.82 Å². The molecule has 3 aromatic rings. The van der Waals surface area contributed by atoms with Crippen LogP contribution in [0.25, 0.3) is 17.0 Å². The topological polar surface area (TPSA) is 52.2 Å². The number of aromatic nitrogens is 2. The molecule has 0 spiro atoms. The van der Waals surface area contributed by atoms with Crippen molar-refractivity contribution in [2.45, 2.75) is 13.0 Å². The van der Waals surface area contributed by atoms with E-state index in [1.807, 2.05) is 30.3 Å². The monoisotopic (exact) mass is 374 g/mol. The summed E-state index contributed by atoms with van der Waals surface area (Å²) in [6, 6.07) is 18.0. The molecule has 5 nitrogen and oxygen atoms in total. The maximum atomic E-state index is 12.3. The zero-order valence-corrected chi connectivity index (χ0v) is 16.2. The van der Waals surface area contributed by atoms with E-state index in [0.29, 0.717) is 5.39 Å². The van der Waals surface area contributed by atoms with Gasteiger partial charge in [0, 0.05) is 32.7 Å². The average molecular weight is 374 g/mol. The Morgan fingerprint density at radius 2 is 1.75 bits per heavy atom. The van der Waals surface area contributed by atoms with Crippen LogP contribution < -0.4 is 5.56 Å². The first-order valence-corrected chi connectivity index (χ1v) is 9.87. The van der Waals surface area contributed by atoms with E-state index >= 15 is 0 Å². The fourth-order valence-corrected chi connectivity index (χ4v) is 3.71. The Kier molecular flexibility index (Phi) is 5.65. The number of hydrogen-bond acceptors (Lipinski definition) is 4. The number of rotatable bonds is 5. The van der Waals surface area contributed by atoms with Crippen LogP contribution in [-0.2, 0) is 0 Å². The van der Waals surface area contributed by atoms with E-state index in [1.165, 1.54) is 5.56 Å². The number of fused-ring (bicyclic) bond motifs is 1. The van der Waals surface area contributed by atoms with Crippen LogP contribution in [0.3, 0.4) is 0 Å². The summed E-state index contributed by atoms with van der Waals surface area (Å²) in [4.78, 5) is 24.9. The Morgan fingerprint density at radius 1 is 1.04 bits per heavy atom. The van der Waals surface area contributed by atoms with Crippen molar-refractivity contribution in [3.63, 3.8) is 0 Å². The van der Waals surface area contributed by atoms with Crippen molar-refractivity contribution in [2.24, 2.45) is 0 Å². The summed E-state index contributed by atoms with van der Waals surface area (Å²) in [5.41, 5.74) is 1.94. The lowest BCUT2D eigenvalue weighted by Gasteiger charge is -2.37. The summed E-state index contributed by atoms with van der Waals surface area (Å²) in [5.74, 6) is 0.751. The Bertz CT molecular complexity index is 1000. The van der Waals surface area contributed by atoms with E-state index in [1.54, 1.807) is 0 Å². The minimum absolute atomic E-state index is 0.0582. The van der Waals surface area contributed by atoms with Gasteiger partial charge in [0.05, 0.1) is 16.9 Å². The van der Waals surface area contributed by atoms with Gasteiger partial charge in [-0.15, -0.1) is 0 Å². The van der Waals surface area contributed by atoms with Crippen LogP contribution in [-0.4, -0.2) is 52.5 Å². The molecule has 1 atom stereocenters. The molecule has 0 bridgehead atoms. The zero-order valence-electron chi connectivity index (χ0n) is 16.2. The number of piperazine rings is 1. The number of hydrogen-bond donors (Lipinski definition) is 1. The highest BCUT2D eigenvalue weighted by Gasteiger charge is 2.23. The number of nitrogens with zero attached hydrogens (tertiary/aromatic N) is 3. The van der Waals surface area contributed by atoms with Gasteiger partial charge in [-0.2, -0.15) is 0 Å². The molecule has 2 heterocycles. The second kappa shape index (κ2) is 8.50.